The monoisotopic (exact) mass is 331 g/mol. The molecular formula is C16H21N5O3. The molecule has 0 bridgehead atoms. The zero-order valence-electron chi connectivity index (χ0n) is 13.9. The minimum absolute atomic E-state index is 0.192. The molecule has 128 valence electrons. The topological polar surface area (TPSA) is 88.5 Å². The Balaban J connectivity index is 1.56. The van der Waals surface area contributed by atoms with Gasteiger partial charge in [-0.15, -0.1) is 0 Å². The Morgan fingerprint density at radius 1 is 1.17 bits per heavy atom. The van der Waals surface area contributed by atoms with Crippen LogP contribution in [-0.2, 0) is 13.1 Å². The van der Waals surface area contributed by atoms with Crippen molar-refractivity contribution in [3.63, 3.8) is 0 Å². The Hall–Kier alpha value is -2.32. The maximum Gasteiger partial charge on any atom is 0.272 e. The second-order valence-electron chi connectivity index (χ2n) is 6.11. The molecule has 8 nitrogen and oxygen atoms in total. The highest BCUT2D eigenvalue weighted by Crippen LogP contribution is 2.22. The molecule has 1 aromatic carbocycles. The van der Waals surface area contributed by atoms with Crippen LogP contribution in [0.1, 0.15) is 22.8 Å². The minimum atomic E-state index is -0.316. The molecule has 1 aliphatic heterocycles. The molecule has 0 saturated carbocycles. The molecule has 0 N–H and O–H groups in total. The number of benzene rings is 1. The van der Waals surface area contributed by atoms with Gasteiger partial charge in [0, 0.05) is 44.4 Å². The summed E-state index contributed by atoms with van der Waals surface area (Å²) in [5, 5.41) is 14.9. The van der Waals surface area contributed by atoms with Gasteiger partial charge in [-0.05, 0) is 19.4 Å². The third kappa shape index (κ3) is 3.77. The Bertz CT molecular complexity index is 722. The molecule has 0 spiro atoms. The van der Waals surface area contributed by atoms with E-state index >= 15 is 0 Å². The Kier molecular flexibility index (Phi) is 4.86. The normalized spacial score (nSPS) is 16.4. The highest BCUT2D eigenvalue weighted by molar-refractivity contribution is 5.44. The predicted molar refractivity (Wildman–Crippen MR) is 87.4 cm³/mol. The first kappa shape index (κ1) is 16.5. The molecule has 2 aromatic rings. The van der Waals surface area contributed by atoms with E-state index in [0.29, 0.717) is 18.3 Å². The lowest BCUT2D eigenvalue weighted by Gasteiger charge is -2.34. The molecule has 2 heterocycles. The molecule has 0 atom stereocenters. The fourth-order valence-corrected chi connectivity index (χ4v) is 2.98. The summed E-state index contributed by atoms with van der Waals surface area (Å²) >= 11 is 0. The van der Waals surface area contributed by atoms with E-state index in [1.165, 1.54) is 0 Å². The van der Waals surface area contributed by atoms with Crippen LogP contribution in [0.25, 0.3) is 0 Å². The lowest BCUT2D eigenvalue weighted by Crippen LogP contribution is -2.45. The first-order valence-electron chi connectivity index (χ1n) is 7.99. The number of hydrogen-bond donors (Lipinski definition) is 0. The summed E-state index contributed by atoms with van der Waals surface area (Å²) in [6.07, 6.45) is 0. The second-order valence-corrected chi connectivity index (χ2v) is 6.11. The van der Waals surface area contributed by atoms with Crippen molar-refractivity contribution >= 4 is 5.69 Å². The summed E-state index contributed by atoms with van der Waals surface area (Å²) in [6, 6.07) is 5.29. The number of aryl methyl sites for hydroxylation is 1. The zero-order chi connectivity index (χ0) is 17.1. The smallest absolute Gasteiger partial charge is 0.272 e. The Labute approximate surface area is 140 Å². The van der Waals surface area contributed by atoms with E-state index in [1.807, 2.05) is 19.9 Å². The number of nitrogens with zero attached hydrogens (tertiary/aromatic N) is 5. The van der Waals surface area contributed by atoms with Crippen LogP contribution in [0.15, 0.2) is 22.7 Å². The molecule has 8 heteroatoms. The summed E-state index contributed by atoms with van der Waals surface area (Å²) in [6.45, 7) is 8.69. The van der Waals surface area contributed by atoms with Crippen LogP contribution in [0.3, 0.4) is 0 Å². The van der Waals surface area contributed by atoms with Gasteiger partial charge in [-0.2, -0.15) is 4.98 Å². The molecule has 3 rings (SSSR count). The van der Waals surface area contributed by atoms with Gasteiger partial charge < -0.3 is 4.52 Å². The van der Waals surface area contributed by atoms with Gasteiger partial charge in [0.25, 0.3) is 5.69 Å². The largest absolute Gasteiger partial charge is 0.338 e. The van der Waals surface area contributed by atoms with Crippen LogP contribution >= 0.6 is 0 Å². The maximum absolute atomic E-state index is 11.0. The third-order valence-electron chi connectivity index (χ3n) is 4.40. The van der Waals surface area contributed by atoms with E-state index in [4.69, 9.17) is 4.52 Å². The SMILES string of the molecule is Cc1noc(CN2CCN(Cc3cccc([N+](=O)[O-])c3C)CC2)n1. The lowest BCUT2D eigenvalue weighted by molar-refractivity contribution is -0.385. The molecule has 0 amide bonds. The van der Waals surface area contributed by atoms with Crippen LogP contribution in [0.2, 0.25) is 0 Å². The summed E-state index contributed by atoms with van der Waals surface area (Å²) in [7, 11) is 0. The van der Waals surface area contributed by atoms with Crippen molar-refractivity contribution in [2.75, 3.05) is 26.2 Å². The highest BCUT2D eigenvalue weighted by atomic mass is 16.6. The first-order valence-corrected chi connectivity index (χ1v) is 7.99. The van der Waals surface area contributed by atoms with Gasteiger partial charge in [-0.25, -0.2) is 0 Å². The molecule has 1 aromatic heterocycles. The summed E-state index contributed by atoms with van der Waals surface area (Å²) in [5.41, 5.74) is 1.97. The Morgan fingerprint density at radius 3 is 2.42 bits per heavy atom. The second kappa shape index (κ2) is 7.06. The number of rotatable bonds is 5. The number of nitro benzene ring substituents is 1. The molecule has 0 unspecified atom stereocenters. The molecule has 1 aliphatic rings. The first-order chi connectivity index (χ1) is 11.5. The average molecular weight is 331 g/mol. The van der Waals surface area contributed by atoms with Crippen molar-refractivity contribution in [1.29, 1.82) is 0 Å². The van der Waals surface area contributed by atoms with Gasteiger partial charge in [0.05, 0.1) is 11.5 Å². The molecule has 1 saturated heterocycles. The average Bonchev–Trinajstić information content (AvgIpc) is 2.96. The fraction of sp³-hybridized carbons (Fsp3) is 0.500. The van der Waals surface area contributed by atoms with Crippen LogP contribution in [0.4, 0.5) is 5.69 Å². The lowest BCUT2D eigenvalue weighted by atomic mass is 10.1. The van der Waals surface area contributed by atoms with E-state index in [1.54, 1.807) is 12.1 Å². The number of piperazine rings is 1. The fourth-order valence-electron chi connectivity index (χ4n) is 2.98. The quantitative estimate of drug-likeness (QED) is 0.611. The van der Waals surface area contributed by atoms with Gasteiger partial charge >= 0.3 is 0 Å². The predicted octanol–water partition coefficient (Wildman–Crippen LogP) is 1.91. The summed E-state index contributed by atoms with van der Waals surface area (Å²) in [5.74, 6) is 1.31. The number of aromatic nitrogens is 2. The van der Waals surface area contributed by atoms with E-state index in [0.717, 1.165) is 43.9 Å². The van der Waals surface area contributed by atoms with Crippen LogP contribution in [0, 0.1) is 24.0 Å². The highest BCUT2D eigenvalue weighted by Gasteiger charge is 2.21. The van der Waals surface area contributed by atoms with Gasteiger partial charge in [-0.1, -0.05) is 17.3 Å². The van der Waals surface area contributed by atoms with E-state index < -0.39 is 0 Å². The molecule has 24 heavy (non-hydrogen) atoms. The minimum Gasteiger partial charge on any atom is -0.338 e. The standard InChI is InChI=1S/C16H21N5O3/c1-12-14(4-3-5-15(12)21(22)23)10-19-6-8-20(9-7-19)11-16-17-13(2)18-24-16/h3-5H,6-11H2,1-2H3. The van der Waals surface area contributed by atoms with Crippen LogP contribution in [-0.4, -0.2) is 51.0 Å². The summed E-state index contributed by atoms with van der Waals surface area (Å²) in [4.78, 5) is 19.6. The van der Waals surface area contributed by atoms with Crippen LogP contribution in [0.5, 0.6) is 0 Å². The van der Waals surface area contributed by atoms with Crippen molar-refractivity contribution < 1.29 is 9.45 Å². The third-order valence-corrected chi connectivity index (χ3v) is 4.40. The van der Waals surface area contributed by atoms with E-state index in [9.17, 15) is 10.1 Å². The molecule has 1 fully saturated rings. The maximum atomic E-state index is 11.0. The summed E-state index contributed by atoms with van der Waals surface area (Å²) < 4.78 is 5.16. The van der Waals surface area contributed by atoms with Crippen molar-refractivity contribution in [2.45, 2.75) is 26.9 Å². The van der Waals surface area contributed by atoms with Crippen molar-refractivity contribution in [3.05, 3.63) is 51.2 Å². The Morgan fingerprint density at radius 2 is 1.83 bits per heavy atom. The van der Waals surface area contributed by atoms with Crippen LogP contribution < -0.4 is 0 Å². The molecule has 0 radical (unpaired) electrons. The van der Waals surface area contributed by atoms with Crippen molar-refractivity contribution in [2.24, 2.45) is 0 Å². The molecule has 0 aliphatic carbocycles. The van der Waals surface area contributed by atoms with Crippen molar-refractivity contribution in [3.8, 4) is 0 Å². The zero-order valence-corrected chi connectivity index (χ0v) is 13.9. The van der Waals surface area contributed by atoms with Gasteiger partial charge in [0.2, 0.25) is 5.89 Å². The van der Waals surface area contributed by atoms with Gasteiger partial charge in [0.1, 0.15) is 0 Å². The number of hydrogen-bond acceptors (Lipinski definition) is 7. The molecular weight excluding hydrogens is 310 g/mol. The van der Waals surface area contributed by atoms with Crippen molar-refractivity contribution in [1.82, 2.24) is 19.9 Å². The van der Waals surface area contributed by atoms with Gasteiger partial charge in [-0.3, -0.25) is 19.9 Å². The van der Waals surface area contributed by atoms with E-state index in [-0.39, 0.29) is 10.6 Å². The number of nitro groups is 1. The van der Waals surface area contributed by atoms with Gasteiger partial charge in [0.15, 0.2) is 5.82 Å². The van der Waals surface area contributed by atoms with E-state index in [2.05, 4.69) is 19.9 Å².